The molecule has 2 N–H and O–H groups in total. The van der Waals surface area contributed by atoms with E-state index in [9.17, 15) is 13.2 Å². The van der Waals surface area contributed by atoms with Crippen LogP contribution in [0.1, 0.15) is 17.5 Å². The van der Waals surface area contributed by atoms with Gasteiger partial charge in [-0.05, 0) is 55.3 Å². The van der Waals surface area contributed by atoms with Crippen LogP contribution in [0, 0.1) is 25.2 Å². The van der Waals surface area contributed by atoms with E-state index in [1.54, 1.807) is 12.1 Å². The zero-order valence-corrected chi connectivity index (χ0v) is 14.1. The van der Waals surface area contributed by atoms with E-state index in [0.29, 0.717) is 11.4 Å². The highest BCUT2D eigenvalue weighted by atomic mass is 32.2. The maximum atomic E-state index is 12.5. The summed E-state index contributed by atoms with van der Waals surface area (Å²) < 4.78 is 27.5. The van der Waals surface area contributed by atoms with Crippen LogP contribution < -0.4 is 10.0 Å². The molecule has 0 aliphatic heterocycles. The Labute approximate surface area is 141 Å². The molecule has 0 aliphatic rings. The first kappa shape index (κ1) is 17.5. The lowest BCUT2D eigenvalue weighted by atomic mass is 10.1. The summed E-state index contributed by atoms with van der Waals surface area (Å²) in [5, 5.41) is 11.0. The van der Waals surface area contributed by atoms with Crippen molar-refractivity contribution in [2.24, 2.45) is 0 Å². The van der Waals surface area contributed by atoms with Crippen LogP contribution in [0.4, 0.5) is 11.4 Å². The highest BCUT2D eigenvalue weighted by Crippen LogP contribution is 2.22. The molecular formula is C17H17N3O3S. The Hall–Kier alpha value is -2.85. The van der Waals surface area contributed by atoms with Crippen molar-refractivity contribution in [3.8, 4) is 6.07 Å². The number of anilines is 2. The van der Waals surface area contributed by atoms with E-state index < -0.39 is 15.9 Å². The maximum absolute atomic E-state index is 12.5. The lowest BCUT2D eigenvalue weighted by Crippen LogP contribution is -2.14. The lowest BCUT2D eigenvalue weighted by molar-refractivity contribution is -0.115. The Morgan fingerprint density at radius 2 is 1.79 bits per heavy atom. The smallest absolute Gasteiger partial charge is 0.261 e. The first-order valence-corrected chi connectivity index (χ1v) is 8.67. The van der Waals surface area contributed by atoms with Gasteiger partial charge in [-0.25, -0.2) is 8.42 Å². The van der Waals surface area contributed by atoms with Gasteiger partial charge >= 0.3 is 0 Å². The summed E-state index contributed by atoms with van der Waals surface area (Å²) in [6.45, 7) is 3.71. The molecule has 0 atom stereocenters. The topological polar surface area (TPSA) is 99.1 Å². The highest BCUT2D eigenvalue weighted by Gasteiger charge is 2.15. The number of nitriles is 1. The van der Waals surface area contributed by atoms with Gasteiger partial charge in [0.2, 0.25) is 5.91 Å². The minimum Gasteiger partial charge on any atom is -0.325 e. The average molecular weight is 343 g/mol. The number of amides is 1. The molecule has 0 unspecified atom stereocenters. The molecule has 6 nitrogen and oxygen atoms in total. The molecule has 0 aliphatic carbocycles. The van der Waals surface area contributed by atoms with Crippen LogP contribution in [0.2, 0.25) is 0 Å². The van der Waals surface area contributed by atoms with Gasteiger partial charge in [-0.3, -0.25) is 9.52 Å². The minimum absolute atomic E-state index is 0.0849. The van der Waals surface area contributed by atoms with Gasteiger partial charge in [0.1, 0.15) is 6.42 Å². The fraction of sp³-hybridized carbons (Fsp3) is 0.176. The summed E-state index contributed by atoms with van der Waals surface area (Å²) in [6.07, 6.45) is -0.256. The quantitative estimate of drug-likeness (QED) is 0.872. The van der Waals surface area contributed by atoms with Crippen LogP contribution >= 0.6 is 0 Å². The number of carbonyl (C=O) groups is 1. The van der Waals surface area contributed by atoms with Gasteiger partial charge in [0.05, 0.1) is 16.7 Å². The summed E-state index contributed by atoms with van der Waals surface area (Å²) in [7, 11) is -3.72. The highest BCUT2D eigenvalue weighted by molar-refractivity contribution is 7.92. The summed E-state index contributed by atoms with van der Waals surface area (Å²) in [4.78, 5) is 11.4. The molecule has 0 saturated heterocycles. The van der Waals surface area contributed by atoms with E-state index in [4.69, 9.17) is 5.26 Å². The molecule has 0 bridgehead atoms. The van der Waals surface area contributed by atoms with E-state index in [-0.39, 0.29) is 11.3 Å². The number of hydrogen-bond donors (Lipinski definition) is 2. The van der Waals surface area contributed by atoms with Crippen molar-refractivity contribution in [1.29, 1.82) is 5.26 Å². The number of carbonyl (C=O) groups excluding carboxylic acids is 1. The number of nitrogens with zero attached hydrogens (tertiary/aromatic N) is 1. The molecule has 0 aromatic heterocycles. The molecule has 2 aromatic rings. The van der Waals surface area contributed by atoms with E-state index in [0.717, 1.165) is 11.1 Å². The van der Waals surface area contributed by atoms with E-state index in [1.807, 2.05) is 26.0 Å². The Bertz CT molecular complexity index is 898. The summed E-state index contributed by atoms with van der Waals surface area (Å²) >= 11 is 0. The number of sulfonamides is 1. The number of aryl methyl sites for hydroxylation is 2. The Morgan fingerprint density at radius 3 is 2.42 bits per heavy atom. The summed E-state index contributed by atoms with van der Waals surface area (Å²) in [5.74, 6) is -0.443. The number of benzene rings is 2. The predicted octanol–water partition coefficient (Wildman–Crippen LogP) is 2.96. The van der Waals surface area contributed by atoms with Crippen molar-refractivity contribution in [1.82, 2.24) is 0 Å². The molecule has 1 amide bonds. The molecule has 7 heteroatoms. The van der Waals surface area contributed by atoms with Crippen LogP contribution in [-0.2, 0) is 14.8 Å². The van der Waals surface area contributed by atoms with Crippen LogP contribution in [0.3, 0.4) is 0 Å². The van der Waals surface area contributed by atoms with Crippen molar-refractivity contribution >= 4 is 27.3 Å². The van der Waals surface area contributed by atoms with Crippen molar-refractivity contribution in [3.63, 3.8) is 0 Å². The van der Waals surface area contributed by atoms with Crippen LogP contribution in [0.25, 0.3) is 0 Å². The minimum atomic E-state index is -3.72. The molecule has 0 saturated carbocycles. The number of nitrogens with one attached hydrogen (secondary N) is 2. The van der Waals surface area contributed by atoms with Crippen LogP contribution in [0.5, 0.6) is 0 Å². The van der Waals surface area contributed by atoms with Crippen molar-refractivity contribution in [2.45, 2.75) is 25.2 Å². The SMILES string of the molecule is Cc1ccc(C)c(NS(=O)(=O)c2ccc(NC(=O)CC#N)cc2)c1. The molecular weight excluding hydrogens is 326 g/mol. The third-order valence-corrected chi connectivity index (χ3v) is 4.71. The number of hydrogen-bond acceptors (Lipinski definition) is 4. The summed E-state index contributed by atoms with van der Waals surface area (Å²) in [5.41, 5.74) is 2.74. The fourth-order valence-electron chi connectivity index (χ4n) is 2.04. The third-order valence-electron chi connectivity index (χ3n) is 3.33. The Morgan fingerprint density at radius 1 is 1.12 bits per heavy atom. The van der Waals surface area contributed by atoms with Gasteiger partial charge in [0.15, 0.2) is 0 Å². The average Bonchev–Trinajstić information content (AvgIpc) is 2.51. The van der Waals surface area contributed by atoms with Crippen LogP contribution in [0.15, 0.2) is 47.4 Å². The normalized spacial score (nSPS) is 10.7. The Balaban J connectivity index is 2.19. The fourth-order valence-corrected chi connectivity index (χ4v) is 3.17. The maximum Gasteiger partial charge on any atom is 0.261 e. The van der Waals surface area contributed by atoms with Crippen molar-refractivity contribution in [2.75, 3.05) is 10.0 Å². The second kappa shape index (κ2) is 7.15. The van der Waals surface area contributed by atoms with Crippen molar-refractivity contribution in [3.05, 3.63) is 53.6 Å². The molecule has 0 radical (unpaired) electrons. The van der Waals surface area contributed by atoms with Gasteiger partial charge in [0, 0.05) is 5.69 Å². The molecule has 24 heavy (non-hydrogen) atoms. The third kappa shape index (κ3) is 4.33. The summed E-state index contributed by atoms with van der Waals surface area (Å²) in [6, 6.07) is 13.0. The molecule has 124 valence electrons. The standard InChI is InChI=1S/C17H17N3O3S/c1-12-3-4-13(2)16(11-12)20-24(22,23)15-7-5-14(6-8-15)19-17(21)9-10-18/h3-8,11,20H,9H2,1-2H3,(H,19,21). The second-order valence-electron chi connectivity index (χ2n) is 5.33. The number of rotatable bonds is 5. The largest absolute Gasteiger partial charge is 0.325 e. The molecule has 2 aromatic carbocycles. The first-order chi connectivity index (χ1) is 11.3. The van der Waals surface area contributed by atoms with E-state index in [2.05, 4.69) is 10.0 Å². The first-order valence-electron chi connectivity index (χ1n) is 7.19. The molecule has 0 fully saturated rings. The zero-order valence-electron chi connectivity index (χ0n) is 13.3. The molecule has 2 rings (SSSR count). The zero-order chi connectivity index (χ0) is 17.7. The lowest BCUT2D eigenvalue weighted by Gasteiger charge is -2.12. The van der Waals surface area contributed by atoms with Crippen LogP contribution in [-0.4, -0.2) is 14.3 Å². The van der Waals surface area contributed by atoms with Crippen molar-refractivity contribution < 1.29 is 13.2 Å². The van der Waals surface area contributed by atoms with E-state index in [1.165, 1.54) is 24.3 Å². The molecule has 0 heterocycles. The van der Waals surface area contributed by atoms with Gasteiger partial charge in [0.25, 0.3) is 10.0 Å². The van der Waals surface area contributed by atoms with Gasteiger partial charge in [-0.2, -0.15) is 5.26 Å². The molecule has 0 spiro atoms. The van der Waals surface area contributed by atoms with E-state index >= 15 is 0 Å². The van der Waals surface area contributed by atoms with Gasteiger partial charge < -0.3 is 5.32 Å². The Kier molecular flexibility index (Phi) is 5.21. The van der Waals surface area contributed by atoms with Gasteiger partial charge in [-0.15, -0.1) is 0 Å². The predicted molar refractivity (Wildman–Crippen MR) is 92.0 cm³/mol. The van der Waals surface area contributed by atoms with Gasteiger partial charge in [-0.1, -0.05) is 12.1 Å². The second-order valence-corrected chi connectivity index (χ2v) is 7.01. The monoisotopic (exact) mass is 343 g/mol.